The van der Waals surface area contributed by atoms with Crippen LogP contribution in [0.3, 0.4) is 0 Å². The second-order valence-electron chi connectivity index (χ2n) is 4.79. The highest BCUT2D eigenvalue weighted by molar-refractivity contribution is 5.89. The average molecular weight is 280 g/mol. The van der Waals surface area contributed by atoms with E-state index in [-0.39, 0.29) is 17.2 Å². The van der Waals surface area contributed by atoms with Crippen molar-refractivity contribution in [2.45, 2.75) is 25.3 Å². The van der Waals surface area contributed by atoms with Crippen LogP contribution in [-0.2, 0) is 4.79 Å². The van der Waals surface area contributed by atoms with Crippen LogP contribution in [0.4, 0.5) is 10.1 Å². The SMILES string of the molecule is CNC(=O)C1CCCCN1c1ccc(C(=O)O)cc1F. The standard InChI is InChI=1S/C14H17FN2O3/c1-16-13(18)12-4-2-3-7-17(12)11-6-5-9(14(19)20)8-10(11)15/h5-6,8,12H,2-4,7H2,1H3,(H,16,18)(H,19,20). The molecule has 1 fully saturated rings. The number of hydrogen-bond acceptors (Lipinski definition) is 3. The molecule has 1 heterocycles. The number of rotatable bonds is 3. The summed E-state index contributed by atoms with van der Waals surface area (Å²) in [6.07, 6.45) is 2.47. The molecule has 0 aromatic heterocycles. The van der Waals surface area contributed by atoms with Crippen LogP contribution < -0.4 is 10.2 Å². The molecule has 1 aromatic rings. The second-order valence-corrected chi connectivity index (χ2v) is 4.79. The van der Waals surface area contributed by atoms with Crippen LogP contribution in [0.1, 0.15) is 29.6 Å². The van der Waals surface area contributed by atoms with Crippen LogP contribution in [0, 0.1) is 5.82 Å². The van der Waals surface area contributed by atoms with Crippen LogP contribution in [0.25, 0.3) is 0 Å². The molecule has 0 spiro atoms. The van der Waals surface area contributed by atoms with Gasteiger partial charge < -0.3 is 15.3 Å². The number of amides is 1. The molecule has 1 unspecified atom stereocenters. The number of likely N-dealkylation sites (N-methyl/N-ethyl adjacent to an activating group) is 1. The van der Waals surface area contributed by atoms with Crippen molar-refractivity contribution in [3.63, 3.8) is 0 Å². The van der Waals surface area contributed by atoms with Crippen molar-refractivity contribution < 1.29 is 19.1 Å². The van der Waals surface area contributed by atoms with E-state index in [1.807, 2.05) is 0 Å². The number of carboxylic acid groups (broad SMARTS) is 1. The topological polar surface area (TPSA) is 69.6 Å². The number of aromatic carboxylic acids is 1. The average Bonchev–Trinajstić information content (AvgIpc) is 2.46. The first-order chi connectivity index (χ1) is 9.54. The Balaban J connectivity index is 2.32. The van der Waals surface area contributed by atoms with Gasteiger partial charge in [-0.15, -0.1) is 0 Å². The molecule has 5 nitrogen and oxygen atoms in total. The highest BCUT2D eigenvalue weighted by Gasteiger charge is 2.29. The summed E-state index contributed by atoms with van der Waals surface area (Å²) in [5.74, 6) is -1.93. The zero-order valence-electron chi connectivity index (χ0n) is 11.2. The van der Waals surface area contributed by atoms with Gasteiger partial charge in [0, 0.05) is 13.6 Å². The lowest BCUT2D eigenvalue weighted by Crippen LogP contribution is -2.49. The third kappa shape index (κ3) is 2.74. The summed E-state index contributed by atoms with van der Waals surface area (Å²) in [5, 5.41) is 11.4. The van der Waals surface area contributed by atoms with Crippen molar-refractivity contribution in [3.8, 4) is 0 Å². The molecule has 20 heavy (non-hydrogen) atoms. The molecular weight excluding hydrogens is 263 g/mol. The van der Waals surface area contributed by atoms with Gasteiger partial charge in [0.05, 0.1) is 11.3 Å². The Kier molecular flexibility index (Phi) is 4.22. The van der Waals surface area contributed by atoms with Gasteiger partial charge in [-0.25, -0.2) is 9.18 Å². The van der Waals surface area contributed by atoms with Gasteiger partial charge in [0.15, 0.2) is 0 Å². The molecule has 108 valence electrons. The third-order valence-electron chi connectivity index (χ3n) is 3.56. The maximum atomic E-state index is 14.1. The number of carbonyl (C=O) groups excluding carboxylic acids is 1. The first kappa shape index (κ1) is 14.3. The van der Waals surface area contributed by atoms with E-state index in [4.69, 9.17) is 5.11 Å². The van der Waals surface area contributed by atoms with Crippen LogP contribution in [0.2, 0.25) is 0 Å². The normalized spacial score (nSPS) is 18.7. The Morgan fingerprint density at radius 3 is 2.75 bits per heavy atom. The van der Waals surface area contributed by atoms with E-state index in [2.05, 4.69) is 5.32 Å². The summed E-state index contributed by atoms with van der Waals surface area (Å²) in [6, 6.07) is 3.38. The summed E-state index contributed by atoms with van der Waals surface area (Å²) in [5.41, 5.74) is 0.183. The number of nitrogens with one attached hydrogen (secondary N) is 1. The number of benzene rings is 1. The number of halogens is 1. The van der Waals surface area contributed by atoms with Crippen molar-refractivity contribution in [3.05, 3.63) is 29.6 Å². The second kappa shape index (κ2) is 5.90. The van der Waals surface area contributed by atoms with Gasteiger partial charge in [-0.2, -0.15) is 0 Å². The van der Waals surface area contributed by atoms with Crippen LogP contribution in [-0.4, -0.2) is 36.6 Å². The monoisotopic (exact) mass is 280 g/mol. The summed E-state index contributed by atoms with van der Waals surface area (Å²) < 4.78 is 14.1. The molecule has 2 rings (SSSR count). The van der Waals surface area contributed by atoms with Crippen LogP contribution in [0.15, 0.2) is 18.2 Å². The maximum Gasteiger partial charge on any atom is 0.335 e. The minimum atomic E-state index is -1.17. The molecule has 0 radical (unpaired) electrons. The molecule has 2 N–H and O–H groups in total. The molecule has 1 aliphatic heterocycles. The number of piperidine rings is 1. The zero-order chi connectivity index (χ0) is 14.7. The predicted molar refractivity (Wildman–Crippen MR) is 72.4 cm³/mol. The van der Waals surface area contributed by atoms with E-state index < -0.39 is 17.8 Å². The zero-order valence-corrected chi connectivity index (χ0v) is 11.2. The Bertz CT molecular complexity index is 533. The van der Waals surface area contributed by atoms with Gasteiger partial charge in [0.25, 0.3) is 0 Å². The molecule has 1 saturated heterocycles. The Hall–Kier alpha value is -2.11. The Morgan fingerprint density at radius 1 is 1.40 bits per heavy atom. The minimum Gasteiger partial charge on any atom is -0.478 e. The van der Waals surface area contributed by atoms with Crippen molar-refractivity contribution in [2.75, 3.05) is 18.5 Å². The largest absolute Gasteiger partial charge is 0.478 e. The Morgan fingerprint density at radius 2 is 2.15 bits per heavy atom. The first-order valence-corrected chi connectivity index (χ1v) is 6.55. The number of hydrogen-bond donors (Lipinski definition) is 2. The highest BCUT2D eigenvalue weighted by Crippen LogP contribution is 2.28. The molecule has 0 aliphatic carbocycles. The maximum absolute atomic E-state index is 14.1. The summed E-state index contributed by atoms with van der Waals surface area (Å²) >= 11 is 0. The molecule has 0 bridgehead atoms. The van der Waals surface area contributed by atoms with Gasteiger partial charge >= 0.3 is 5.97 Å². The van der Waals surface area contributed by atoms with Crippen molar-refractivity contribution in [1.29, 1.82) is 0 Å². The summed E-state index contributed by atoms with van der Waals surface area (Å²) in [7, 11) is 1.55. The number of anilines is 1. The van der Waals surface area contributed by atoms with E-state index >= 15 is 0 Å². The lowest BCUT2D eigenvalue weighted by atomic mass is 10.00. The number of carbonyl (C=O) groups is 2. The fourth-order valence-electron chi connectivity index (χ4n) is 2.53. The third-order valence-corrected chi connectivity index (χ3v) is 3.56. The molecular formula is C14H17FN2O3. The highest BCUT2D eigenvalue weighted by atomic mass is 19.1. The molecule has 1 aliphatic rings. The molecule has 0 saturated carbocycles. The first-order valence-electron chi connectivity index (χ1n) is 6.55. The van der Waals surface area contributed by atoms with Crippen molar-refractivity contribution >= 4 is 17.6 Å². The summed E-state index contributed by atoms with van der Waals surface area (Å²) in [6.45, 7) is 0.585. The van der Waals surface area contributed by atoms with Crippen LogP contribution in [0.5, 0.6) is 0 Å². The molecule has 1 atom stereocenters. The van der Waals surface area contributed by atoms with E-state index in [1.54, 1.807) is 11.9 Å². The molecule has 6 heteroatoms. The lowest BCUT2D eigenvalue weighted by molar-refractivity contribution is -0.122. The van der Waals surface area contributed by atoms with Gasteiger partial charge in [0.1, 0.15) is 11.9 Å². The predicted octanol–water partition coefficient (Wildman–Crippen LogP) is 1.63. The molecule has 1 amide bonds. The summed E-state index contributed by atoms with van der Waals surface area (Å²) in [4.78, 5) is 24.4. The molecule has 1 aromatic carbocycles. The van der Waals surface area contributed by atoms with E-state index in [9.17, 15) is 14.0 Å². The fraction of sp³-hybridized carbons (Fsp3) is 0.429. The van der Waals surface area contributed by atoms with E-state index in [1.165, 1.54) is 12.1 Å². The van der Waals surface area contributed by atoms with Crippen molar-refractivity contribution in [2.24, 2.45) is 0 Å². The fourth-order valence-corrected chi connectivity index (χ4v) is 2.53. The van der Waals surface area contributed by atoms with Gasteiger partial charge in [-0.3, -0.25) is 4.79 Å². The lowest BCUT2D eigenvalue weighted by Gasteiger charge is -2.36. The van der Waals surface area contributed by atoms with E-state index in [0.29, 0.717) is 13.0 Å². The van der Waals surface area contributed by atoms with Gasteiger partial charge in [-0.05, 0) is 37.5 Å². The van der Waals surface area contributed by atoms with Crippen LogP contribution >= 0.6 is 0 Å². The quantitative estimate of drug-likeness (QED) is 0.883. The van der Waals surface area contributed by atoms with Gasteiger partial charge in [-0.1, -0.05) is 0 Å². The minimum absolute atomic E-state index is 0.0975. The number of carboxylic acids is 1. The van der Waals surface area contributed by atoms with Gasteiger partial charge in [0.2, 0.25) is 5.91 Å². The number of nitrogens with zero attached hydrogens (tertiary/aromatic N) is 1. The Labute approximate surface area is 116 Å². The smallest absolute Gasteiger partial charge is 0.335 e. The van der Waals surface area contributed by atoms with E-state index in [0.717, 1.165) is 18.9 Å². The van der Waals surface area contributed by atoms with Crippen molar-refractivity contribution in [1.82, 2.24) is 5.32 Å².